The lowest BCUT2D eigenvalue weighted by atomic mass is 9.78. The summed E-state index contributed by atoms with van der Waals surface area (Å²) in [5.41, 5.74) is 0. The summed E-state index contributed by atoms with van der Waals surface area (Å²) < 4.78 is 0. The molecule has 1 heterocycles. The molecule has 88 valence electrons. The topological polar surface area (TPSA) is 15.3 Å². The van der Waals surface area contributed by atoms with Gasteiger partial charge in [-0.2, -0.15) is 0 Å². The van der Waals surface area contributed by atoms with Crippen LogP contribution in [0.2, 0.25) is 0 Å². The van der Waals surface area contributed by atoms with Crippen LogP contribution in [0, 0.1) is 5.92 Å². The summed E-state index contributed by atoms with van der Waals surface area (Å²) in [4.78, 5) is 2.76. The molecule has 2 aliphatic rings. The van der Waals surface area contributed by atoms with E-state index in [2.05, 4.69) is 31.0 Å². The zero-order valence-corrected chi connectivity index (χ0v) is 10.5. The van der Waals surface area contributed by atoms with Crippen LogP contribution >= 0.6 is 0 Å². The molecule has 0 amide bonds. The van der Waals surface area contributed by atoms with Crippen LogP contribution in [-0.2, 0) is 0 Å². The number of nitrogens with zero attached hydrogens (tertiary/aromatic N) is 1. The van der Waals surface area contributed by atoms with Gasteiger partial charge in [0.15, 0.2) is 0 Å². The molecule has 2 nitrogen and oxygen atoms in total. The van der Waals surface area contributed by atoms with E-state index < -0.39 is 0 Å². The number of nitrogens with one attached hydrogen (secondary N) is 1. The smallest absolute Gasteiger partial charge is 0.0139 e. The normalized spacial score (nSPS) is 37.2. The maximum atomic E-state index is 3.59. The molecule has 0 aromatic heterocycles. The molecule has 2 heteroatoms. The van der Waals surface area contributed by atoms with Gasteiger partial charge in [0.2, 0.25) is 0 Å². The van der Waals surface area contributed by atoms with Crippen LogP contribution in [0.15, 0.2) is 0 Å². The van der Waals surface area contributed by atoms with Gasteiger partial charge in [0.25, 0.3) is 0 Å². The molecule has 0 spiro atoms. The molecule has 0 aromatic rings. The highest BCUT2D eigenvalue weighted by Gasteiger charge is 2.38. The van der Waals surface area contributed by atoms with Crippen LogP contribution in [0.1, 0.15) is 46.5 Å². The Bertz CT molecular complexity index is 203. The first-order valence-electron chi connectivity index (χ1n) is 6.67. The molecule has 1 saturated carbocycles. The van der Waals surface area contributed by atoms with Crippen molar-refractivity contribution in [3.63, 3.8) is 0 Å². The number of hydrogen-bond acceptors (Lipinski definition) is 2. The van der Waals surface area contributed by atoms with Crippen LogP contribution in [0.4, 0.5) is 0 Å². The standard InChI is InChI=1S/C13H26N2/c1-10(2)14-9-12-6-7-13(12)15-8-4-5-11(15)3/h10-14H,4-9H2,1-3H3. The third-order valence-electron chi connectivity index (χ3n) is 4.20. The van der Waals surface area contributed by atoms with Gasteiger partial charge in [-0.25, -0.2) is 0 Å². The molecule has 2 fully saturated rings. The third kappa shape index (κ3) is 2.54. The Kier molecular flexibility index (Phi) is 3.68. The molecule has 1 aliphatic carbocycles. The Morgan fingerprint density at radius 3 is 2.53 bits per heavy atom. The van der Waals surface area contributed by atoms with Crippen molar-refractivity contribution in [1.82, 2.24) is 10.2 Å². The second-order valence-corrected chi connectivity index (χ2v) is 5.70. The van der Waals surface area contributed by atoms with Crippen molar-refractivity contribution < 1.29 is 0 Å². The molecule has 3 atom stereocenters. The lowest BCUT2D eigenvalue weighted by molar-refractivity contribution is 0.0559. The first-order chi connectivity index (χ1) is 7.18. The van der Waals surface area contributed by atoms with E-state index in [1.165, 1.54) is 38.8 Å². The van der Waals surface area contributed by atoms with Crippen molar-refractivity contribution in [3.05, 3.63) is 0 Å². The van der Waals surface area contributed by atoms with Crippen molar-refractivity contribution in [2.75, 3.05) is 13.1 Å². The monoisotopic (exact) mass is 210 g/mol. The Morgan fingerprint density at radius 2 is 2.07 bits per heavy atom. The SMILES string of the molecule is CC(C)NCC1CCC1N1CCCC1C. The fourth-order valence-corrected chi connectivity index (χ4v) is 3.06. The van der Waals surface area contributed by atoms with Gasteiger partial charge in [-0.15, -0.1) is 0 Å². The number of hydrogen-bond donors (Lipinski definition) is 1. The van der Waals surface area contributed by atoms with Gasteiger partial charge < -0.3 is 5.32 Å². The van der Waals surface area contributed by atoms with E-state index in [1.807, 2.05) is 0 Å². The van der Waals surface area contributed by atoms with Gasteiger partial charge in [0.1, 0.15) is 0 Å². The second kappa shape index (κ2) is 4.84. The third-order valence-corrected chi connectivity index (χ3v) is 4.20. The minimum Gasteiger partial charge on any atom is -0.314 e. The van der Waals surface area contributed by atoms with E-state index in [1.54, 1.807) is 0 Å². The Balaban J connectivity index is 1.78. The molecule has 0 bridgehead atoms. The van der Waals surface area contributed by atoms with E-state index in [0.717, 1.165) is 18.0 Å². The van der Waals surface area contributed by atoms with Gasteiger partial charge in [-0.3, -0.25) is 4.90 Å². The van der Waals surface area contributed by atoms with Crippen LogP contribution < -0.4 is 5.32 Å². The molecule has 15 heavy (non-hydrogen) atoms. The lowest BCUT2D eigenvalue weighted by Crippen LogP contribution is -2.52. The zero-order valence-electron chi connectivity index (χ0n) is 10.5. The zero-order chi connectivity index (χ0) is 10.8. The molecule has 0 aromatic carbocycles. The van der Waals surface area contributed by atoms with E-state index in [0.29, 0.717) is 6.04 Å². The largest absolute Gasteiger partial charge is 0.314 e. The highest BCUT2D eigenvalue weighted by atomic mass is 15.2. The predicted molar refractivity (Wildman–Crippen MR) is 65.1 cm³/mol. The van der Waals surface area contributed by atoms with E-state index in [9.17, 15) is 0 Å². The minimum atomic E-state index is 0.641. The molecule has 0 radical (unpaired) electrons. The summed E-state index contributed by atoms with van der Waals surface area (Å²) in [7, 11) is 0. The first kappa shape index (κ1) is 11.4. The van der Waals surface area contributed by atoms with Crippen LogP contribution in [0.25, 0.3) is 0 Å². The lowest BCUT2D eigenvalue weighted by Gasteiger charge is -2.45. The summed E-state index contributed by atoms with van der Waals surface area (Å²) in [6.07, 6.45) is 5.71. The number of likely N-dealkylation sites (tertiary alicyclic amines) is 1. The van der Waals surface area contributed by atoms with E-state index >= 15 is 0 Å². The van der Waals surface area contributed by atoms with E-state index in [4.69, 9.17) is 0 Å². The summed E-state index contributed by atoms with van der Waals surface area (Å²) in [6.45, 7) is 9.46. The molecule has 1 aliphatic heterocycles. The average molecular weight is 210 g/mol. The van der Waals surface area contributed by atoms with Crippen molar-refractivity contribution in [3.8, 4) is 0 Å². The van der Waals surface area contributed by atoms with Crippen molar-refractivity contribution in [2.24, 2.45) is 5.92 Å². The van der Waals surface area contributed by atoms with Gasteiger partial charge in [0.05, 0.1) is 0 Å². The maximum absolute atomic E-state index is 3.59. The maximum Gasteiger partial charge on any atom is 0.0139 e. The molecular formula is C13H26N2. The molecule has 1 saturated heterocycles. The summed E-state index contributed by atoms with van der Waals surface area (Å²) >= 11 is 0. The Morgan fingerprint density at radius 1 is 1.27 bits per heavy atom. The van der Waals surface area contributed by atoms with Crippen LogP contribution in [-0.4, -0.2) is 36.1 Å². The van der Waals surface area contributed by atoms with Crippen LogP contribution in [0.5, 0.6) is 0 Å². The summed E-state index contributed by atoms with van der Waals surface area (Å²) in [5, 5.41) is 3.59. The van der Waals surface area contributed by atoms with Gasteiger partial charge in [-0.05, 0) is 51.6 Å². The summed E-state index contributed by atoms with van der Waals surface area (Å²) in [5.74, 6) is 0.924. The highest BCUT2D eigenvalue weighted by molar-refractivity contribution is 4.94. The van der Waals surface area contributed by atoms with Crippen molar-refractivity contribution in [1.29, 1.82) is 0 Å². The van der Waals surface area contributed by atoms with Crippen LogP contribution in [0.3, 0.4) is 0 Å². The second-order valence-electron chi connectivity index (χ2n) is 5.70. The molecular weight excluding hydrogens is 184 g/mol. The van der Waals surface area contributed by atoms with Gasteiger partial charge in [-0.1, -0.05) is 13.8 Å². The fourth-order valence-electron chi connectivity index (χ4n) is 3.06. The summed E-state index contributed by atoms with van der Waals surface area (Å²) in [6, 6.07) is 2.38. The highest BCUT2D eigenvalue weighted by Crippen LogP contribution is 2.35. The quantitative estimate of drug-likeness (QED) is 0.765. The predicted octanol–water partition coefficient (Wildman–Crippen LogP) is 2.25. The van der Waals surface area contributed by atoms with Gasteiger partial charge >= 0.3 is 0 Å². The molecule has 1 N–H and O–H groups in total. The van der Waals surface area contributed by atoms with Crippen molar-refractivity contribution >= 4 is 0 Å². The Labute approximate surface area is 94.4 Å². The van der Waals surface area contributed by atoms with E-state index in [-0.39, 0.29) is 0 Å². The Hall–Kier alpha value is -0.0800. The molecule has 3 unspecified atom stereocenters. The van der Waals surface area contributed by atoms with Gasteiger partial charge in [0, 0.05) is 18.1 Å². The minimum absolute atomic E-state index is 0.641. The first-order valence-corrected chi connectivity index (χ1v) is 6.67. The number of rotatable bonds is 4. The van der Waals surface area contributed by atoms with Crippen molar-refractivity contribution in [2.45, 2.75) is 64.6 Å². The fraction of sp³-hybridized carbons (Fsp3) is 1.00. The molecule has 2 rings (SSSR count). The average Bonchev–Trinajstić information content (AvgIpc) is 2.50.